The Bertz CT molecular complexity index is 1210. The number of para-hydroxylation sites is 2. The van der Waals surface area contributed by atoms with Crippen molar-refractivity contribution in [3.63, 3.8) is 0 Å². The second kappa shape index (κ2) is 7.87. The first-order chi connectivity index (χ1) is 14.2. The lowest BCUT2D eigenvalue weighted by atomic mass is 10.1. The molecule has 142 valence electrons. The topological polar surface area (TPSA) is 80.1 Å². The lowest BCUT2D eigenvalue weighted by Crippen LogP contribution is -2.02. The van der Waals surface area contributed by atoms with Gasteiger partial charge in [-0.2, -0.15) is 5.26 Å². The van der Waals surface area contributed by atoms with E-state index in [1.807, 2.05) is 54.6 Å². The van der Waals surface area contributed by atoms with Crippen molar-refractivity contribution in [2.45, 2.75) is 0 Å². The maximum atomic E-state index is 9.08. The van der Waals surface area contributed by atoms with Gasteiger partial charge in [0.2, 0.25) is 0 Å². The zero-order valence-electron chi connectivity index (χ0n) is 16.0. The summed E-state index contributed by atoms with van der Waals surface area (Å²) in [4.78, 5) is 9.60. The van der Waals surface area contributed by atoms with Gasteiger partial charge in [-0.1, -0.05) is 24.3 Å². The van der Waals surface area contributed by atoms with E-state index in [0.717, 1.165) is 16.6 Å². The molecule has 0 bridgehead atoms. The monoisotopic (exact) mass is 382 g/mol. The molecule has 0 aliphatic rings. The SMILES string of the molecule is COc1ccc(OC)c(Nc2nc3ccccc3nc2-c2ccc(C#N)cc2)c1. The van der Waals surface area contributed by atoms with Crippen molar-refractivity contribution in [2.75, 3.05) is 19.5 Å². The molecule has 0 unspecified atom stereocenters. The van der Waals surface area contributed by atoms with Gasteiger partial charge in [0.1, 0.15) is 17.2 Å². The molecule has 6 heteroatoms. The van der Waals surface area contributed by atoms with Crippen LogP contribution in [0, 0.1) is 11.3 Å². The molecule has 1 aromatic heterocycles. The smallest absolute Gasteiger partial charge is 0.157 e. The maximum Gasteiger partial charge on any atom is 0.157 e. The second-order valence-electron chi connectivity index (χ2n) is 6.29. The molecule has 0 atom stereocenters. The van der Waals surface area contributed by atoms with Gasteiger partial charge in [0, 0.05) is 11.6 Å². The molecular weight excluding hydrogens is 364 g/mol. The van der Waals surface area contributed by atoms with Crippen LogP contribution in [0.15, 0.2) is 66.7 Å². The van der Waals surface area contributed by atoms with E-state index in [9.17, 15) is 0 Å². The third kappa shape index (κ3) is 3.66. The zero-order valence-corrected chi connectivity index (χ0v) is 16.0. The van der Waals surface area contributed by atoms with Crippen LogP contribution in [-0.2, 0) is 0 Å². The summed E-state index contributed by atoms with van der Waals surface area (Å²) in [5.41, 5.74) is 4.40. The summed E-state index contributed by atoms with van der Waals surface area (Å²) in [5.74, 6) is 1.94. The number of rotatable bonds is 5. The molecule has 0 amide bonds. The molecule has 0 spiro atoms. The predicted molar refractivity (Wildman–Crippen MR) is 113 cm³/mol. The van der Waals surface area contributed by atoms with Crippen molar-refractivity contribution in [3.8, 4) is 28.8 Å². The average Bonchev–Trinajstić information content (AvgIpc) is 2.78. The summed E-state index contributed by atoms with van der Waals surface area (Å²) in [6, 6.07) is 22.6. The van der Waals surface area contributed by atoms with Gasteiger partial charge in [-0.3, -0.25) is 0 Å². The Morgan fingerprint density at radius 2 is 1.59 bits per heavy atom. The first kappa shape index (κ1) is 18.3. The van der Waals surface area contributed by atoms with Gasteiger partial charge < -0.3 is 14.8 Å². The standard InChI is InChI=1S/C23H18N4O2/c1-28-17-11-12-21(29-2)20(13-17)27-23-22(16-9-7-15(14-24)8-10-16)25-18-5-3-4-6-19(18)26-23/h3-13H,1-2H3,(H,26,27). The number of anilines is 2. The fourth-order valence-electron chi connectivity index (χ4n) is 3.03. The van der Waals surface area contributed by atoms with Crippen LogP contribution < -0.4 is 14.8 Å². The van der Waals surface area contributed by atoms with Crippen molar-refractivity contribution >= 4 is 22.5 Å². The Balaban J connectivity index is 1.87. The van der Waals surface area contributed by atoms with Crippen LogP contribution in [0.1, 0.15) is 5.56 Å². The van der Waals surface area contributed by atoms with Crippen molar-refractivity contribution in [1.82, 2.24) is 9.97 Å². The molecule has 4 aromatic rings. The number of fused-ring (bicyclic) bond motifs is 1. The normalized spacial score (nSPS) is 10.4. The number of benzene rings is 3. The molecule has 0 fully saturated rings. The van der Waals surface area contributed by atoms with Crippen molar-refractivity contribution in [2.24, 2.45) is 0 Å². The summed E-state index contributed by atoms with van der Waals surface area (Å²) in [6.07, 6.45) is 0. The quantitative estimate of drug-likeness (QED) is 0.527. The van der Waals surface area contributed by atoms with E-state index in [1.54, 1.807) is 26.4 Å². The lowest BCUT2D eigenvalue weighted by molar-refractivity contribution is 0.405. The minimum Gasteiger partial charge on any atom is -0.497 e. The summed E-state index contributed by atoms with van der Waals surface area (Å²) in [5, 5.41) is 12.4. The van der Waals surface area contributed by atoms with Gasteiger partial charge >= 0.3 is 0 Å². The highest BCUT2D eigenvalue weighted by molar-refractivity contribution is 5.85. The van der Waals surface area contributed by atoms with Crippen molar-refractivity contribution in [3.05, 3.63) is 72.3 Å². The van der Waals surface area contributed by atoms with E-state index in [-0.39, 0.29) is 0 Å². The summed E-state index contributed by atoms with van der Waals surface area (Å²) >= 11 is 0. The fourth-order valence-corrected chi connectivity index (χ4v) is 3.03. The van der Waals surface area contributed by atoms with Crippen LogP contribution in [0.25, 0.3) is 22.3 Å². The number of nitriles is 1. The van der Waals surface area contributed by atoms with Gasteiger partial charge in [0.05, 0.1) is 42.6 Å². The van der Waals surface area contributed by atoms with Crippen LogP contribution in [0.4, 0.5) is 11.5 Å². The first-order valence-electron chi connectivity index (χ1n) is 8.98. The molecule has 3 aromatic carbocycles. The minimum atomic E-state index is 0.583. The number of methoxy groups -OCH3 is 2. The van der Waals surface area contributed by atoms with Crippen LogP contribution in [0.2, 0.25) is 0 Å². The molecule has 0 saturated heterocycles. The lowest BCUT2D eigenvalue weighted by Gasteiger charge is -2.15. The number of hydrogen-bond acceptors (Lipinski definition) is 6. The molecule has 0 saturated carbocycles. The van der Waals surface area contributed by atoms with E-state index in [0.29, 0.717) is 34.3 Å². The Morgan fingerprint density at radius 1 is 0.862 bits per heavy atom. The van der Waals surface area contributed by atoms with Crippen LogP contribution in [-0.4, -0.2) is 24.2 Å². The fraction of sp³-hybridized carbons (Fsp3) is 0.0870. The molecule has 0 radical (unpaired) electrons. The highest BCUT2D eigenvalue weighted by Gasteiger charge is 2.14. The molecule has 0 aliphatic carbocycles. The molecular formula is C23H18N4O2. The minimum absolute atomic E-state index is 0.583. The number of nitrogens with one attached hydrogen (secondary N) is 1. The van der Waals surface area contributed by atoms with Crippen LogP contribution in [0.5, 0.6) is 11.5 Å². The molecule has 1 N–H and O–H groups in total. The Kier molecular flexibility index (Phi) is 4.95. The van der Waals surface area contributed by atoms with Gasteiger partial charge in [-0.25, -0.2) is 9.97 Å². The molecule has 1 heterocycles. The third-order valence-electron chi connectivity index (χ3n) is 4.52. The summed E-state index contributed by atoms with van der Waals surface area (Å²) in [6.45, 7) is 0. The van der Waals surface area contributed by atoms with E-state index in [4.69, 9.17) is 24.7 Å². The van der Waals surface area contributed by atoms with E-state index >= 15 is 0 Å². The summed E-state index contributed by atoms with van der Waals surface area (Å²) < 4.78 is 10.8. The van der Waals surface area contributed by atoms with E-state index in [1.165, 1.54) is 0 Å². The summed E-state index contributed by atoms with van der Waals surface area (Å²) in [7, 11) is 3.23. The molecule has 0 aliphatic heterocycles. The van der Waals surface area contributed by atoms with E-state index in [2.05, 4.69) is 11.4 Å². The average molecular weight is 382 g/mol. The number of nitrogens with zero attached hydrogens (tertiary/aromatic N) is 3. The van der Waals surface area contributed by atoms with Gasteiger partial charge in [0.25, 0.3) is 0 Å². The molecule has 4 rings (SSSR count). The number of aromatic nitrogens is 2. The maximum absolute atomic E-state index is 9.08. The van der Waals surface area contributed by atoms with Gasteiger partial charge in [-0.15, -0.1) is 0 Å². The predicted octanol–water partition coefficient (Wildman–Crippen LogP) is 4.93. The van der Waals surface area contributed by atoms with Gasteiger partial charge in [0.15, 0.2) is 5.82 Å². The highest BCUT2D eigenvalue weighted by Crippen LogP contribution is 2.35. The third-order valence-corrected chi connectivity index (χ3v) is 4.52. The van der Waals surface area contributed by atoms with Gasteiger partial charge in [-0.05, 0) is 36.4 Å². The molecule has 6 nitrogen and oxygen atoms in total. The Labute approximate surface area is 168 Å². The van der Waals surface area contributed by atoms with Crippen molar-refractivity contribution < 1.29 is 9.47 Å². The zero-order chi connectivity index (χ0) is 20.2. The Hall–Kier alpha value is -4.11. The largest absolute Gasteiger partial charge is 0.497 e. The number of hydrogen-bond donors (Lipinski definition) is 1. The van der Waals surface area contributed by atoms with E-state index < -0.39 is 0 Å². The first-order valence-corrected chi connectivity index (χ1v) is 8.98. The highest BCUT2D eigenvalue weighted by atomic mass is 16.5. The van der Waals surface area contributed by atoms with Crippen LogP contribution in [0.3, 0.4) is 0 Å². The van der Waals surface area contributed by atoms with Crippen molar-refractivity contribution in [1.29, 1.82) is 5.26 Å². The Morgan fingerprint density at radius 3 is 2.24 bits per heavy atom. The molecule has 29 heavy (non-hydrogen) atoms. The second-order valence-corrected chi connectivity index (χ2v) is 6.29. The number of ether oxygens (including phenoxy) is 2. The van der Waals surface area contributed by atoms with Crippen LogP contribution >= 0.6 is 0 Å².